The van der Waals surface area contributed by atoms with Gasteiger partial charge in [-0.05, 0) is 71.0 Å². The minimum atomic E-state index is 0.772. The number of allylic oxidation sites excluding steroid dienone is 1. The minimum Gasteiger partial charge on any atom is -0.314 e. The van der Waals surface area contributed by atoms with Crippen molar-refractivity contribution in [3.63, 3.8) is 0 Å². The molecule has 2 nitrogen and oxygen atoms in total. The van der Waals surface area contributed by atoms with E-state index in [1.807, 2.05) is 0 Å². The van der Waals surface area contributed by atoms with Gasteiger partial charge in [-0.15, -0.1) is 0 Å². The third-order valence-electron chi connectivity index (χ3n) is 5.38. The van der Waals surface area contributed by atoms with Crippen LogP contribution < -0.4 is 5.32 Å². The molecule has 2 atom stereocenters. The molecule has 0 aromatic heterocycles. The van der Waals surface area contributed by atoms with Crippen LogP contribution in [0.3, 0.4) is 0 Å². The van der Waals surface area contributed by atoms with Gasteiger partial charge < -0.3 is 5.32 Å². The monoisotopic (exact) mass is 292 g/mol. The van der Waals surface area contributed by atoms with Crippen LogP contribution in [0.25, 0.3) is 0 Å². The summed E-state index contributed by atoms with van der Waals surface area (Å²) in [5.41, 5.74) is 1.44. The third kappa shape index (κ3) is 6.52. The second kappa shape index (κ2) is 8.95. The Morgan fingerprint density at radius 3 is 2.57 bits per heavy atom. The van der Waals surface area contributed by atoms with Gasteiger partial charge in [0.1, 0.15) is 0 Å². The SMILES string of the molecule is CC(C)=CCN1CCC(NCCC2CCCC(C)C2)CC1. The van der Waals surface area contributed by atoms with Crippen LogP contribution >= 0.6 is 0 Å². The van der Waals surface area contributed by atoms with Gasteiger partial charge in [-0.1, -0.05) is 37.8 Å². The molecule has 2 fully saturated rings. The molecule has 21 heavy (non-hydrogen) atoms. The number of hydrogen-bond acceptors (Lipinski definition) is 2. The zero-order valence-corrected chi connectivity index (χ0v) is 14.5. The van der Waals surface area contributed by atoms with Crippen molar-refractivity contribution in [3.8, 4) is 0 Å². The van der Waals surface area contributed by atoms with Crippen LogP contribution in [0.5, 0.6) is 0 Å². The smallest absolute Gasteiger partial charge is 0.0165 e. The normalized spacial score (nSPS) is 28.5. The second-order valence-corrected chi connectivity index (χ2v) is 7.74. The quantitative estimate of drug-likeness (QED) is 0.737. The highest BCUT2D eigenvalue weighted by molar-refractivity contribution is 4.95. The maximum Gasteiger partial charge on any atom is 0.0165 e. The fourth-order valence-corrected chi connectivity index (χ4v) is 3.94. The third-order valence-corrected chi connectivity index (χ3v) is 5.38. The molecule has 0 aromatic rings. The van der Waals surface area contributed by atoms with Gasteiger partial charge in [-0.2, -0.15) is 0 Å². The zero-order valence-electron chi connectivity index (χ0n) is 14.5. The Morgan fingerprint density at radius 2 is 1.90 bits per heavy atom. The summed E-state index contributed by atoms with van der Waals surface area (Å²) in [5, 5.41) is 3.83. The molecule has 1 N–H and O–H groups in total. The van der Waals surface area contributed by atoms with E-state index in [2.05, 4.69) is 37.1 Å². The van der Waals surface area contributed by atoms with Gasteiger partial charge in [0.2, 0.25) is 0 Å². The summed E-state index contributed by atoms with van der Waals surface area (Å²) in [5.74, 6) is 1.97. The molecule has 0 spiro atoms. The number of nitrogens with one attached hydrogen (secondary N) is 1. The van der Waals surface area contributed by atoms with E-state index in [1.165, 1.54) is 70.2 Å². The lowest BCUT2D eigenvalue weighted by atomic mass is 9.81. The lowest BCUT2D eigenvalue weighted by molar-refractivity contribution is 0.208. The number of hydrogen-bond donors (Lipinski definition) is 1. The molecule has 1 saturated carbocycles. The first-order chi connectivity index (χ1) is 10.1. The lowest BCUT2D eigenvalue weighted by Gasteiger charge is -2.32. The average Bonchev–Trinajstić information content (AvgIpc) is 2.46. The summed E-state index contributed by atoms with van der Waals surface area (Å²) in [7, 11) is 0. The van der Waals surface area contributed by atoms with E-state index in [0.29, 0.717) is 0 Å². The van der Waals surface area contributed by atoms with Crippen molar-refractivity contribution in [3.05, 3.63) is 11.6 Å². The number of piperidine rings is 1. The second-order valence-electron chi connectivity index (χ2n) is 7.74. The summed E-state index contributed by atoms with van der Waals surface area (Å²) in [6, 6.07) is 0.772. The molecule has 2 heteroatoms. The molecular formula is C19H36N2. The highest BCUT2D eigenvalue weighted by Crippen LogP contribution is 2.30. The van der Waals surface area contributed by atoms with Crippen LogP contribution in [0.15, 0.2) is 11.6 Å². The van der Waals surface area contributed by atoms with Crippen LogP contribution in [0.2, 0.25) is 0 Å². The fraction of sp³-hybridized carbons (Fsp3) is 0.895. The van der Waals surface area contributed by atoms with Crippen molar-refractivity contribution in [2.24, 2.45) is 11.8 Å². The van der Waals surface area contributed by atoms with Gasteiger partial charge in [0.05, 0.1) is 0 Å². The molecule has 122 valence electrons. The van der Waals surface area contributed by atoms with Crippen molar-refractivity contribution in [2.75, 3.05) is 26.2 Å². The minimum absolute atomic E-state index is 0.772. The van der Waals surface area contributed by atoms with Gasteiger partial charge >= 0.3 is 0 Å². The summed E-state index contributed by atoms with van der Waals surface area (Å²) in [6.07, 6.45) is 12.3. The van der Waals surface area contributed by atoms with Crippen molar-refractivity contribution in [2.45, 2.75) is 71.8 Å². The molecule has 2 aliphatic rings. The Labute approximate surface area is 132 Å². The fourth-order valence-electron chi connectivity index (χ4n) is 3.94. The lowest BCUT2D eigenvalue weighted by Crippen LogP contribution is -2.43. The maximum absolute atomic E-state index is 3.83. The molecule has 1 saturated heterocycles. The van der Waals surface area contributed by atoms with E-state index in [1.54, 1.807) is 0 Å². The summed E-state index contributed by atoms with van der Waals surface area (Å²) in [4.78, 5) is 2.59. The maximum atomic E-state index is 3.83. The topological polar surface area (TPSA) is 15.3 Å². The van der Waals surface area contributed by atoms with Crippen molar-refractivity contribution in [1.29, 1.82) is 0 Å². The van der Waals surface area contributed by atoms with E-state index in [9.17, 15) is 0 Å². The molecule has 1 aliphatic heterocycles. The van der Waals surface area contributed by atoms with Crippen LogP contribution in [0.4, 0.5) is 0 Å². The van der Waals surface area contributed by atoms with Crippen molar-refractivity contribution >= 4 is 0 Å². The first-order valence-electron chi connectivity index (χ1n) is 9.22. The highest BCUT2D eigenvalue weighted by Gasteiger charge is 2.20. The molecule has 0 radical (unpaired) electrons. The predicted molar refractivity (Wildman–Crippen MR) is 92.6 cm³/mol. The average molecular weight is 293 g/mol. The summed E-state index contributed by atoms with van der Waals surface area (Å²) >= 11 is 0. The van der Waals surface area contributed by atoms with Gasteiger partial charge in [0, 0.05) is 12.6 Å². The van der Waals surface area contributed by atoms with Crippen LogP contribution in [-0.4, -0.2) is 37.1 Å². The van der Waals surface area contributed by atoms with E-state index in [-0.39, 0.29) is 0 Å². The van der Waals surface area contributed by atoms with E-state index >= 15 is 0 Å². The predicted octanol–water partition coefficient (Wildman–Crippen LogP) is 4.22. The number of nitrogens with zero attached hydrogens (tertiary/aromatic N) is 1. The molecule has 2 unspecified atom stereocenters. The van der Waals surface area contributed by atoms with Crippen molar-refractivity contribution < 1.29 is 0 Å². The van der Waals surface area contributed by atoms with Gasteiger partial charge in [-0.3, -0.25) is 4.90 Å². The van der Waals surface area contributed by atoms with Gasteiger partial charge in [0.15, 0.2) is 0 Å². The molecule has 0 aromatic carbocycles. The van der Waals surface area contributed by atoms with E-state index in [0.717, 1.165) is 24.4 Å². The van der Waals surface area contributed by atoms with Crippen LogP contribution in [0, 0.1) is 11.8 Å². The van der Waals surface area contributed by atoms with E-state index in [4.69, 9.17) is 0 Å². The number of likely N-dealkylation sites (tertiary alicyclic amines) is 1. The highest BCUT2D eigenvalue weighted by atomic mass is 15.1. The van der Waals surface area contributed by atoms with Crippen LogP contribution in [-0.2, 0) is 0 Å². The Balaban J connectivity index is 1.55. The summed E-state index contributed by atoms with van der Waals surface area (Å²) < 4.78 is 0. The van der Waals surface area contributed by atoms with Gasteiger partial charge in [0.25, 0.3) is 0 Å². The Bertz CT molecular complexity index is 312. The molecule has 1 aliphatic carbocycles. The Morgan fingerprint density at radius 1 is 1.14 bits per heavy atom. The Kier molecular flexibility index (Phi) is 7.25. The van der Waals surface area contributed by atoms with E-state index < -0.39 is 0 Å². The standard InChI is InChI=1S/C19H36N2/c1-16(2)8-12-21-13-9-19(10-14-21)20-11-7-18-6-4-5-17(3)15-18/h8,17-20H,4-7,9-15H2,1-3H3. The first kappa shape index (κ1) is 17.0. The number of rotatable bonds is 6. The van der Waals surface area contributed by atoms with Gasteiger partial charge in [-0.25, -0.2) is 0 Å². The molecular weight excluding hydrogens is 256 g/mol. The molecule has 1 heterocycles. The molecule has 0 bridgehead atoms. The zero-order chi connectivity index (χ0) is 15.1. The Hall–Kier alpha value is -0.340. The van der Waals surface area contributed by atoms with Crippen molar-refractivity contribution in [1.82, 2.24) is 10.2 Å². The summed E-state index contributed by atoms with van der Waals surface area (Å²) in [6.45, 7) is 11.7. The first-order valence-corrected chi connectivity index (χ1v) is 9.22. The van der Waals surface area contributed by atoms with Crippen LogP contribution in [0.1, 0.15) is 65.7 Å². The molecule has 0 amide bonds. The largest absolute Gasteiger partial charge is 0.314 e. The molecule has 2 rings (SSSR count).